The number of benzene rings is 2. The standard InChI is InChI=1S/C20H19FN2O3S/c1-25-16-8-13(9-17(11-16)26-2)6-7-19(24)23-20-22-18(12-27-20)14-4-3-5-15(21)10-14/h3-5,8-12H,6-7H2,1-2H3,(H,22,23,24). The lowest BCUT2D eigenvalue weighted by Gasteiger charge is -2.08. The molecule has 1 amide bonds. The molecular weight excluding hydrogens is 367 g/mol. The molecule has 1 heterocycles. The minimum Gasteiger partial charge on any atom is -0.497 e. The summed E-state index contributed by atoms with van der Waals surface area (Å²) in [5.74, 6) is 0.908. The van der Waals surface area contributed by atoms with E-state index in [1.165, 1.54) is 23.5 Å². The van der Waals surface area contributed by atoms with E-state index in [2.05, 4.69) is 10.3 Å². The van der Waals surface area contributed by atoms with Crippen LogP contribution in [-0.4, -0.2) is 25.1 Å². The van der Waals surface area contributed by atoms with Crippen LogP contribution < -0.4 is 14.8 Å². The highest BCUT2D eigenvalue weighted by Crippen LogP contribution is 2.26. The molecule has 0 saturated heterocycles. The monoisotopic (exact) mass is 386 g/mol. The summed E-state index contributed by atoms with van der Waals surface area (Å²) in [6, 6.07) is 11.7. The molecule has 0 aliphatic carbocycles. The lowest BCUT2D eigenvalue weighted by Crippen LogP contribution is -2.12. The van der Waals surface area contributed by atoms with E-state index in [0.29, 0.717) is 40.7 Å². The van der Waals surface area contributed by atoms with E-state index in [-0.39, 0.29) is 11.7 Å². The summed E-state index contributed by atoms with van der Waals surface area (Å²) in [6.45, 7) is 0. The first-order valence-corrected chi connectivity index (χ1v) is 9.18. The maximum absolute atomic E-state index is 13.3. The zero-order chi connectivity index (χ0) is 19.2. The van der Waals surface area contributed by atoms with Gasteiger partial charge in [-0.25, -0.2) is 9.37 Å². The van der Waals surface area contributed by atoms with E-state index >= 15 is 0 Å². The molecule has 0 unspecified atom stereocenters. The molecule has 7 heteroatoms. The fourth-order valence-corrected chi connectivity index (χ4v) is 3.30. The van der Waals surface area contributed by atoms with Gasteiger partial charge in [0.05, 0.1) is 19.9 Å². The molecule has 3 aromatic rings. The second-order valence-corrected chi connectivity index (χ2v) is 6.68. The Balaban J connectivity index is 1.60. The summed E-state index contributed by atoms with van der Waals surface area (Å²) < 4.78 is 23.8. The zero-order valence-electron chi connectivity index (χ0n) is 15.0. The van der Waals surface area contributed by atoms with E-state index < -0.39 is 0 Å². The maximum Gasteiger partial charge on any atom is 0.226 e. The third kappa shape index (κ3) is 5.04. The van der Waals surface area contributed by atoms with Crippen LogP contribution in [0.4, 0.5) is 9.52 Å². The van der Waals surface area contributed by atoms with Crippen molar-refractivity contribution in [1.82, 2.24) is 4.98 Å². The van der Waals surface area contributed by atoms with Crippen LogP contribution in [0.2, 0.25) is 0 Å². The molecule has 0 atom stereocenters. The fourth-order valence-electron chi connectivity index (χ4n) is 2.56. The molecule has 27 heavy (non-hydrogen) atoms. The Morgan fingerprint density at radius 2 is 1.89 bits per heavy atom. The maximum atomic E-state index is 13.3. The molecule has 0 bridgehead atoms. The van der Waals surface area contributed by atoms with Gasteiger partial charge in [-0.05, 0) is 36.2 Å². The molecule has 0 aliphatic heterocycles. The molecule has 0 saturated carbocycles. The summed E-state index contributed by atoms with van der Waals surface area (Å²) in [6.07, 6.45) is 0.840. The van der Waals surface area contributed by atoms with Gasteiger partial charge in [0.15, 0.2) is 5.13 Å². The van der Waals surface area contributed by atoms with Gasteiger partial charge in [0.2, 0.25) is 5.91 Å². The number of methoxy groups -OCH3 is 2. The summed E-state index contributed by atoms with van der Waals surface area (Å²) in [5, 5.41) is 5.06. The van der Waals surface area contributed by atoms with Crippen molar-refractivity contribution in [1.29, 1.82) is 0 Å². The Labute approximate surface area is 160 Å². The summed E-state index contributed by atoms with van der Waals surface area (Å²) in [4.78, 5) is 16.6. The van der Waals surface area contributed by atoms with Gasteiger partial charge >= 0.3 is 0 Å². The van der Waals surface area contributed by atoms with Crippen molar-refractivity contribution in [2.75, 3.05) is 19.5 Å². The molecule has 0 fully saturated rings. The van der Waals surface area contributed by atoms with Crippen LogP contribution in [0.15, 0.2) is 47.8 Å². The zero-order valence-corrected chi connectivity index (χ0v) is 15.8. The molecule has 1 aromatic heterocycles. The topological polar surface area (TPSA) is 60.5 Å². The lowest BCUT2D eigenvalue weighted by molar-refractivity contribution is -0.116. The molecule has 0 spiro atoms. The molecule has 0 radical (unpaired) electrons. The highest BCUT2D eigenvalue weighted by atomic mass is 32.1. The van der Waals surface area contributed by atoms with Crippen LogP contribution in [0.5, 0.6) is 11.5 Å². The predicted molar refractivity (Wildman–Crippen MR) is 104 cm³/mol. The normalized spacial score (nSPS) is 10.5. The summed E-state index contributed by atoms with van der Waals surface area (Å²) in [7, 11) is 3.17. The third-order valence-electron chi connectivity index (χ3n) is 3.92. The fraction of sp³-hybridized carbons (Fsp3) is 0.200. The first-order chi connectivity index (χ1) is 13.1. The van der Waals surface area contributed by atoms with Gasteiger partial charge in [-0.2, -0.15) is 0 Å². The minimum atomic E-state index is -0.320. The van der Waals surface area contributed by atoms with E-state index in [0.717, 1.165) is 5.56 Å². The van der Waals surface area contributed by atoms with Crippen LogP contribution in [0.25, 0.3) is 11.3 Å². The summed E-state index contributed by atoms with van der Waals surface area (Å²) in [5.41, 5.74) is 2.25. The van der Waals surface area contributed by atoms with Crippen LogP contribution in [0.1, 0.15) is 12.0 Å². The molecule has 5 nitrogen and oxygen atoms in total. The third-order valence-corrected chi connectivity index (χ3v) is 4.68. The number of ether oxygens (including phenoxy) is 2. The molecule has 140 valence electrons. The van der Waals surface area contributed by atoms with E-state index in [9.17, 15) is 9.18 Å². The van der Waals surface area contributed by atoms with E-state index in [4.69, 9.17) is 9.47 Å². The van der Waals surface area contributed by atoms with Gasteiger partial charge in [-0.3, -0.25) is 4.79 Å². The van der Waals surface area contributed by atoms with Crippen molar-refractivity contribution in [2.45, 2.75) is 12.8 Å². The number of rotatable bonds is 7. The highest BCUT2D eigenvalue weighted by molar-refractivity contribution is 7.14. The molecular formula is C20H19FN2O3S. The average molecular weight is 386 g/mol. The van der Waals surface area contributed by atoms with Crippen molar-refractivity contribution in [3.8, 4) is 22.8 Å². The highest BCUT2D eigenvalue weighted by Gasteiger charge is 2.10. The average Bonchev–Trinajstić information content (AvgIpc) is 3.14. The number of nitrogens with zero attached hydrogens (tertiary/aromatic N) is 1. The lowest BCUT2D eigenvalue weighted by atomic mass is 10.1. The molecule has 3 rings (SSSR count). The Hall–Kier alpha value is -2.93. The predicted octanol–water partition coefficient (Wildman–Crippen LogP) is 4.54. The number of aryl methyl sites for hydroxylation is 1. The SMILES string of the molecule is COc1cc(CCC(=O)Nc2nc(-c3cccc(F)c3)cs2)cc(OC)c1. The van der Waals surface area contributed by atoms with Gasteiger partial charge in [-0.15, -0.1) is 11.3 Å². The number of aromatic nitrogens is 1. The Bertz CT molecular complexity index is 920. The first kappa shape index (κ1) is 18.8. The number of anilines is 1. The van der Waals surface area contributed by atoms with Crippen molar-refractivity contribution >= 4 is 22.4 Å². The number of thiazole rings is 1. The van der Waals surface area contributed by atoms with Crippen molar-refractivity contribution in [3.05, 3.63) is 59.2 Å². The summed E-state index contributed by atoms with van der Waals surface area (Å²) >= 11 is 1.31. The van der Waals surface area contributed by atoms with E-state index in [1.807, 2.05) is 12.1 Å². The number of hydrogen-bond donors (Lipinski definition) is 1. The van der Waals surface area contributed by atoms with Gasteiger partial charge in [-0.1, -0.05) is 12.1 Å². The number of halogens is 1. The Kier molecular flexibility index (Phi) is 6.03. The van der Waals surface area contributed by atoms with Crippen molar-refractivity contribution < 1.29 is 18.7 Å². The quantitative estimate of drug-likeness (QED) is 0.648. The molecule has 1 N–H and O–H groups in total. The Morgan fingerprint density at radius 1 is 1.15 bits per heavy atom. The van der Waals surface area contributed by atoms with Crippen LogP contribution >= 0.6 is 11.3 Å². The van der Waals surface area contributed by atoms with Gasteiger partial charge in [0.25, 0.3) is 0 Å². The number of hydrogen-bond acceptors (Lipinski definition) is 5. The number of carbonyl (C=O) groups is 1. The smallest absolute Gasteiger partial charge is 0.226 e. The van der Waals surface area contributed by atoms with Gasteiger partial charge < -0.3 is 14.8 Å². The first-order valence-electron chi connectivity index (χ1n) is 8.30. The van der Waals surface area contributed by atoms with Crippen molar-refractivity contribution in [2.24, 2.45) is 0 Å². The second-order valence-electron chi connectivity index (χ2n) is 5.82. The Morgan fingerprint density at radius 3 is 2.56 bits per heavy atom. The number of amides is 1. The minimum absolute atomic E-state index is 0.142. The van der Waals surface area contributed by atoms with Crippen LogP contribution in [0.3, 0.4) is 0 Å². The molecule has 2 aromatic carbocycles. The van der Waals surface area contributed by atoms with Gasteiger partial charge in [0.1, 0.15) is 17.3 Å². The second kappa shape index (κ2) is 8.64. The largest absolute Gasteiger partial charge is 0.497 e. The van der Waals surface area contributed by atoms with Crippen LogP contribution in [0, 0.1) is 5.82 Å². The van der Waals surface area contributed by atoms with E-state index in [1.54, 1.807) is 37.8 Å². The van der Waals surface area contributed by atoms with Gasteiger partial charge in [0, 0.05) is 23.4 Å². The molecule has 0 aliphatic rings. The van der Waals surface area contributed by atoms with Crippen LogP contribution in [-0.2, 0) is 11.2 Å². The van der Waals surface area contributed by atoms with Crippen molar-refractivity contribution in [3.63, 3.8) is 0 Å². The number of nitrogens with one attached hydrogen (secondary N) is 1. The number of carbonyl (C=O) groups excluding carboxylic acids is 1.